The first kappa shape index (κ1) is 21.3. The maximum Gasteiger partial charge on any atom is 0.159 e. The van der Waals surface area contributed by atoms with Crippen LogP contribution >= 0.6 is 0 Å². The molecule has 1 unspecified atom stereocenters. The lowest BCUT2D eigenvalue weighted by molar-refractivity contribution is 0.129. The van der Waals surface area contributed by atoms with Crippen molar-refractivity contribution in [1.82, 2.24) is 4.90 Å². The topological polar surface area (TPSA) is 46.9 Å². The largest absolute Gasteiger partial charge is 0.504 e. The minimum atomic E-state index is -0.0712. The maximum atomic E-state index is 9.99. The predicted molar refractivity (Wildman–Crippen MR) is 127 cm³/mol. The molecule has 0 saturated carbocycles. The fourth-order valence-electron chi connectivity index (χ4n) is 4.70. The summed E-state index contributed by atoms with van der Waals surface area (Å²) in [7, 11) is 0. The quantitative estimate of drug-likeness (QED) is 0.495. The third kappa shape index (κ3) is 4.86. The van der Waals surface area contributed by atoms with Crippen LogP contribution in [0.3, 0.4) is 0 Å². The highest BCUT2D eigenvalue weighted by Gasteiger charge is 2.33. The van der Waals surface area contributed by atoms with Crippen LogP contribution in [-0.2, 0) is 0 Å². The van der Waals surface area contributed by atoms with Gasteiger partial charge < -0.3 is 15.1 Å². The Morgan fingerprint density at radius 3 is 2.06 bits per heavy atom. The number of phenolic OH excluding ortho intramolecular Hbond substituents is 2. The SMILES string of the molecule is CCCCC1CN(c2ccc(O)c(O)c2)CCN1C(c1ccccc1)c1ccccc1. The molecule has 0 bridgehead atoms. The first-order valence-corrected chi connectivity index (χ1v) is 11.3. The van der Waals surface area contributed by atoms with Gasteiger partial charge in [0.05, 0.1) is 6.04 Å². The van der Waals surface area contributed by atoms with Crippen molar-refractivity contribution >= 4 is 5.69 Å². The Morgan fingerprint density at radius 1 is 0.839 bits per heavy atom. The van der Waals surface area contributed by atoms with Gasteiger partial charge in [-0.25, -0.2) is 0 Å². The molecule has 3 aromatic carbocycles. The van der Waals surface area contributed by atoms with Crippen LogP contribution in [0.15, 0.2) is 78.9 Å². The molecule has 0 spiro atoms. The summed E-state index contributed by atoms with van der Waals surface area (Å²) in [5.74, 6) is -0.130. The van der Waals surface area contributed by atoms with Crippen LogP contribution in [0.1, 0.15) is 43.4 Å². The summed E-state index contributed by atoms with van der Waals surface area (Å²) in [6.07, 6.45) is 3.49. The summed E-state index contributed by atoms with van der Waals surface area (Å²) in [5.41, 5.74) is 3.62. The van der Waals surface area contributed by atoms with Gasteiger partial charge >= 0.3 is 0 Å². The molecule has 3 aromatic rings. The molecule has 1 heterocycles. The van der Waals surface area contributed by atoms with E-state index in [0.717, 1.165) is 31.7 Å². The standard InChI is InChI=1S/C27H32N2O2/c1-2-3-14-24-20-28(23-15-16-25(30)26(31)19-23)17-18-29(24)27(21-10-6-4-7-11-21)22-12-8-5-9-13-22/h4-13,15-16,19,24,27,30-31H,2-3,14,17-18,20H2,1H3. The van der Waals surface area contributed by atoms with Gasteiger partial charge in [0.2, 0.25) is 0 Å². The van der Waals surface area contributed by atoms with Gasteiger partial charge in [0, 0.05) is 37.4 Å². The van der Waals surface area contributed by atoms with Crippen molar-refractivity contribution in [3.05, 3.63) is 90.0 Å². The van der Waals surface area contributed by atoms with E-state index in [2.05, 4.69) is 77.4 Å². The third-order valence-electron chi connectivity index (χ3n) is 6.31. The normalized spacial score (nSPS) is 17.2. The van der Waals surface area contributed by atoms with E-state index in [1.807, 2.05) is 6.07 Å². The van der Waals surface area contributed by atoms with Crippen LogP contribution in [0.2, 0.25) is 0 Å². The second-order valence-electron chi connectivity index (χ2n) is 8.38. The van der Waals surface area contributed by atoms with Gasteiger partial charge in [-0.1, -0.05) is 80.4 Å². The molecular formula is C27H32N2O2. The van der Waals surface area contributed by atoms with E-state index >= 15 is 0 Å². The Balaban J connectivity index is 1.65. The Morgan fingerprint density at radius 2 is 1.48 bits per heavy atom. The van der Waals surface area contributed by atoms with Crippen molar-refractivity contribution in [2.24, 2.45) is 0 Å². The molecule has 1 atom stereocenters. The van der Waals surface area contributed by atoms with E-state index in [0.29, 0.717) is 6.04 Å². The Bertz CT molecular complexity index is 922. The van der Waals surface area contributed by atoms with E-state index in [1.54, 1.807) is 12.1 Å². The van der Waals surface area contributed by atoms with Crippen molar-refractivity contribution in [1.29, 1.82) is 0 Å². The minimum absolute atomic E-state index is 0.0588. The van der Waals surface area contributed by atoms with E-state index in [1.165, 1.54) is 24.0 Å². The molecule has 1 saturated heterocycles. The molecule has 4 nitrogen and oxygen atoms in total. The third-order valence-corrected chi connectivity index (χ3v) is 6.31. The molecule has 31 heavy (non-hydrogen) atoms. The van der Waals surface area contributed by atoms with E-state index in [9.17, 15) is 10.2 Å². The molecular weight excluding hydrogens is 384 g/mol. The van der Waals surface area contributed by atoms with E-state index in [4.69, 9.17) is 0 Å². The fraction of sp³-hybridized carbons (Fsp3) is 0.333. The molecule has 4 heteroatoms. The lowest BCUT2D eigenvalue weighted by atomic mass is 9.93. The van der Waals surface area contributed by atoms with Gasteiger partial charge in [0.15, 0.2) is 11.5 Å². The number of anilines is 1. The fourth-order valence-corrected chi connectivity index (χ4v) is 4.70. The van der Waals surface area contributed by atoms with Gasteiger partial charge in [0.1, 0.15) is 0 Å². The summed E-state index contributed by atoms with van der Waals surface area (Å²) in [6.45, 7) is 4.96. The Labute approximate surface area is 185 Å². The van der Waals surface area contributed by atoms with Crippen LogP contribution < -0.4 is 4.90 Å². The minimum Gasteiger partial charge on any atom is -0.504 e. The van der Waals surface area contributed by atoms with Crippen LogP contribution in [0, 0.1) is 0 Å². The number of rotatable bonds is 7. The number of piperazine rings is 1. The molecule has 162 valence electrons. The highest BCUT2D eigenvalue weighted by molar-refractivity contribution is 5.56. The number of phenols is 2. The molecule has 0 aliphatic carbocycles. The van der Waals surface area contributed by atoms with Gasteiger partial charge in [-0.15, -0.1) is 0 Å². The Kier molecular flexibility index (Phi) is 6.78. The summed E-state index contributed by atoms with van der Waals surface area (Å²) in [6, 6.07) is 27.4. The first-order chi connectivity index (χ1) is 15.2. The van der Waals surface area contributed by atoms with Gasteiger partial charge in [-0.2, -0.15) is 0 Å². The molecule has 0 aromatic heterocycles. The Hall–Kier alpha value is -2.98. The molecule has 1 fully saturated rings. The van der Waals surface area contributed by atoms with Crippen molar-refractivity contribution in [2.75, 3.05) is 24.5 Å². The highest BCUT2D eigenvalue weighted by atomic mass is 16.3. The molecule has 0 amide bonds. The van der Waals surface area contributed by atoms with Crippen LogP contribution in [0.4, 0.5) is 5.69 Å². The summed E-state index contributed by atoms with van der Waals surface area (Å²) in [5, 5.41) is 19.7. The summed E-state index contributed by atoms with van der Waals surface area (Å²) >= 11 is 0. The van der Waals surface area contributed by atoms with Gasteiger partial charge in [-0.3, -0.25) is 4.90 Å². The van der Waals surface area contributed by atoms with Crippen molar-refractivity contribution in [3.8, 4) is 11.5 Å². The molecule has 2 N–H and O–H groups in total. The first-order valence-electron chi connectivity index (χ1n) is 11.3. The van der Waals surface area contributed by atoms with E-state index < -0.39 is 0 Å². The monoisotopic (exact) mass is 416 g/mol. The number of unbranched alkanes of at least 4 members (excludes halogenated alkanes) is 1. The number of hydrogen-bond acceptors (Lipinski definition) is 4. The second-order valence-corrected chi connectivity index (χ2v) is 8.38. The number of nitrogens with zero attached hydrogens (tertiary/aromatic N) is 2. The molecule has 1 aliphatic heterocycles. The van der Waals surface area contributed by atoms with Gasteiger partial charge in [-0.05, 0) is 29.7 Å². The van der Waals surface area contributed by atoms with Crippen molar-refractivity contribution in [3.63, 3.8) is 0 Å². The molecule has 4 rings (SSSR count). The lowest BCUT2D eigenvalue weighted by Gasteiger charge is -2.46. The van der Waals surface area contributed by atoms with Crippen molar-refractivity contribution in [2.45, 2.75) is 38.3 Å². The zero-order chi connectivity index (χ0) is 21.6. The molecule has 0 radical (unpaired) electrons. The zero-order valence-electron chi connectivity index (χ0n) is 18.2. The highest BCUT2D eigenvalue weighted by Crippen LogP contribution is 2.36. The number of benzene rings is 3. The number of aromatic hydroxyl groups is 2. The van der Waals surface area contributed by atoms with Gasteiger partial charge in [0.25, 0.3) is 0 Å². The van der Waals surface area contributed by atoms with E-state index in [-0.39, 0.29) is 17.5 Å². The number of hydrogen-bond donors (Lipinski definition) is 2. The smallest absolute Gasteiger partial charge is 0.159 e. The lowest BCUT2D eigenvalue weighted by Crippen LogP contribution is -2.54. The second kappa shape index (κ2) is 9.88. The summed E-state index contributed by atoms with van der Waals surface area (Å²) in [4.78, 5) is 5.00. The summed E-state index contributed by atoms with van der Waals surface area (Å²) < 4.78 is 0. The van der Waals surface area contributed by atoms with Crippen LogP contribution in [0.5, 0.6) is 11.5 Å². The average molecular weight is 417 g/mol. The predicted octanol–water partition coefficient (Wildman–Crippen LogP) is 5.57. The average Bonchev–Trinajstić information content (AvgIpc) is 2.82. The van der Waals surface area contributed by atoms with Crippen molar-refractivity contribution < 1.29 is 10.2 Å². The zero-order valence-corrected chi connectivity index (χ0v) is 18.2. The molecule has 1 aliphatic rings. The van der Waals surface area contributed by atoms with Crippen LogP contribution in [0.25, 0.3) is 0 Å². The maximum absolute atomic E-state index is 9.99. The van der Waals surface area contributed by atoms with Crippen LogP contribution in [-0.4, -0.2) is 40.8 Å².